The fraction of sp³-hybridized carbons (Fsp3) is 0.100. The van der Waals surface area contributed by atoms with Crippen LogP contribution in [0.3, 0.4) is 0 Å². The Morgan fingerprint density at radius 2 is 1.71 bits per heavy atom. The molecule has 0 radical (unpaired) electrons. The first-order valence-electron chi connectivity index (χ1n) is 4.59. The van der Waals surface area contributed by atoms with Gasteiger partial charge in [-0.3, -0.25) is 14.8 Å². The molecule has 0 heterocycles. The first-order chi connectivity index (χ1) is 8.06. The topological polar surface area (TPSA) is 116 Å². The number of hydrogen-bond acceptors (Lipinski definition) is 4. The Balaban J connectivity index is 2.82. The molecule has 0 aliphatic heterocycles. The average molecular weight is 238 g/mol. The van der Waals surface area contributed by atoms with Crippen molar-refractivity contribution in [2.24, 2.45) is 0 Å². The number of nitrogens with one attached hydrogen (secondary N) is 2. The first kappa shape index (κ1) is 12.7. The monoisotopic (exact) mass is 238 g/mol. The molecule has 90 valence electrons. The highest BCUT2D eigenvalue weighted by atomic mass is 16.5. The van der Waals surface area contributed by atoms with Gasteiger partial charge >= 0.3 is 5.97 Å². The van der Waals surface area contributed by atoms with Gasteiger partial charge in [-0.05, 0) is 12.1 Å². The van der Waals surface area contributed by atoms with Crippen LogP contribution in [0.25, 0.3) is 0 Å². The molecule has 0 spiro atoms. The highest BCUT2D eigenvalue weighted by Crippen LogP contribution is 2.08. The number of carboxylic acids is 1. The van der Waals surface area contributed by atoms with Crippen LogP contribution < -0.4 is 10.8 Å². The Kier molecular flexibility index (Phi) is 4.18. The average Bonchev–Trinajstić information content (AvgIpc) is 2.35. The summed E-state index contributed by atoms with van der Waals surface area (Å²) in [5, 5.41) is 19.2. The second-order valence-electron chi connectivity index (χ2n) is 3.07. The zero-order chi connectivity index (χ0) is 12.8. The maximum absolute atomic E-state index is 11.6. The molecule has 0 aliphatic rings. The van der Waals surface area contributed by atoms with Crippen molar-refractivity contribution in [1.29, 1.82) is 0 Å². The minimum atomic E-state index is -1.23. The Hall–Kier alpha value is -2.41. The molecule has 4 N–H and O–H groups in total. The quantitative estimate of drug-likeness (QED) is 0.421. The highest BCUT2D eigenvalue weighted by molar-refractivity contribution is 6.05. The largest absolute Gasteiger partial charge is 0.478 e. The third-order valence-electron chi connectivity index (χ3n) is 1.94. The molecule has 0 atom stereocenters. The molecule has 1 aromatic rings. The van der Waals surface area contributed by atoms with Crippen molar-refractivity contribution in [3.05, 3.63) is 35.4 Å². The maximum Gasteiger partial charge on any atom is 0.336 e. The smallest absolute Gasteiger partial charge is 0.336 e. The Morgan fingerprint density at radius 3 is 2.24 bits per heavy atom. The molecule has 1 aromatic carbocycles. The number of rotatable bonds is 4. The summed E-state index contributed by atoms with van der Waals surface area (Å²) in [5.74, 6) is -2.74. The van der Waals surface area contributed by atoms with Gasteiger partial charge in [0.2, 0.25) is 0 Å². The van der Waals surface area contributed by atoms with Crippen LogP contribution in [0.4, 0.5) is 0 Å². The Bertz CT molecular complexity index is 458. The Morgan fingerprint density at radius 1 is 1.12 bits per heavy atom. The maximum atomic E-state index is 11.6. The number of hydroxylamine groups is 1. The van der Waals surface area contributed by atoms with Crippen LogP contribution in [0, 0.1) is 0 Å². The van der Waals surface area contributed by atoms with Gasteiger partial charge < -0.3 is 10.4 Å². The van der Waals surface area contributed by atoms with Crippen LogP contribution >= 0.6 is 0 Å². The predicted molar refractivity (Wildman–Crippen MR) is 55.7 cm³/mol. The van der Waals surface area contributed by atoms with Gasteiger partial charge in [-0.25, -0.2) is 10.3 Å². The van der Waals surface area contributed by atoms with Gasteiger partial charge in [-0.1, -0.05) is 12.1 Å². The van der Waals surface area contributed by atoms with E-state index in [1.54, 1.807) is 0 Å². The van der Waals surface area contributed by atoms with E-state index in [4.69, 9.17) is 10.3 Å². The zero-order valence-electron chi connectivity index (χ0n) is 8.64. The molecule has 0 aliphatic carbocycles. The second kappa shape index (κ2) is 5.61. The summed E-state index contributed by atoms with van der Waals surface area (Å²) in [7, 11) is 0. The third kappa shape index (κ3) is 3.28. The number of carboxylic acid groups (broad SMARTS) is 1. The summed E-state index contributed by atoms with van der Waals surface area (Å²) < 4.78 is 0. The minimum absolute atomic E-state index is 0.0502. The second-order valence-corrected chi connectivity index (χ2v) is 3.07. The molecule has 0 fully saturated rings. The van der Waals surface area contributed by atoms with E-state index in [9.17, 15) is 14.4 Å². The van der Waals surface area contributed by atoms with E-state index < -0.39 is 24.3 Å². The van der Waals surface area contributed by atoms with E-state index >= 15 is 0 Å². The molecule has 0 bridgehead atoms. The normalized spacial score (nSPS) is 9.47. The molecule has 2 amide bonds. The van der Waals surface area contributed by atoms with Crippen molar-refractivity contribution in [2.75, 3.05) is 6.54 Å². The zero-order valence-corrected chi connectivity index (χ0v) is 8.64. The van der Waals surface area contributed by atoms with Crippen molar-refractivity contribution in [1.82, 2.24) is 10.8 Å². The van der Waals surface area contributed by atoms with Crippen LogP contribution in [0.15, 0.2) is 24.3 Å². The van der Waals surface area contributed by atoms with Crippen molar-refractivity contribution in [3.63, 3.8) is 0 Å². The summed E-state index contributed by atoms with van der Waals surface area (Å²) in [6.45, 7) is -0.441. The summed E-state index contributed by atoms with van der Waals surface area (Å²) in [6, 6.07) is 5.60. The fourth-order valence-corrected chi connectivity index (χ4v) is 1.16. The van der Waals surface area contributed by atoms with Gasteiger partial charge in [0.25, 0.3) is 11.8 Å². The van der Waals surface area contributed by atoms with Gasteiger partial charge in [-0.15, -0.1) is 0 Å². The van der Waals surface area contributed by atoms with E-state index in [1.807, 2.05) is 0 Å². The van der Waals surface area contributed by atoms with Gasteiger partial charge in [0.05, 0.1) is 17.7 Å². The lowest BCUT2D eigenvalue weighted by Crippen LogP contribution is -2.36. The molecule has 7 nitrogen and oxygen atoms in total. The summed E-state index contributed by atoms with van der Waals surface area (Å²) in [5.41, 5.74) is 1.13. The Labute approximate surface area is 96.0 Å². The SMILES string of the molecule is O=C(CNC(=O)c1ccccc1C(=O)O)NO. The van der Waals surface area contributed by atoms with Crippen molar-refractivity contribution >= 4 is 17.8 Å². The molecular formula is C10H10N2O5. The van der Waals surface area contributed by atoms with Crippen LogP contribution in [0.5, 0.6) is 0 Å². The summed E-state index contributed by atoms with van der Waals surface area (Å²) in [6.07, 6.45) is 0. The van der Waals surface area contributed by atoms with Gasteiger partial charge in [0.15, 0.2) is 0 Å². The number of aromatic carboxylic acids is 1. The highest BCUT2D eigenvalue weighted by Gasteiger charge is 2.15. The lowest BCUT2D eigenvalue weighted by Gasteiger charge is -2.06. The molecule has 7 heteroatoms. The molecule has 0 unspecified atom stereocenters. The molecular weight excluding hydrogens is 228 g/mol. The van der Waals surface area contributed by atoms with Crippen molar-refractivity contribution < 1.29 is 24.7 Å². The summed E-state index contributed by atoms with van der Waals surface area (Å²) >= 11 is 0. The van der Waals surface area contributed by atoms with E-state index in [0.717, 1.165) is 0 Å². The van der Waals surface area contributed by atoms with Crippen molar-refractivity contribution in [2.45, 2.75) is 0 Å². The number of hydrogen-bond donors (Lipinski definition) is 4. The van der Waals surface area contributed by atoms with E-state index in [1.165, 1.54) is 29.7 Å². The molecule has 0 saturated carbocycles. The van der Waals surface area contributed by atoms with E-state index in [-0.39, 0.29) is 11.1 Å². The van der Waals surface area contributed by atoms with E-state index in [2.05, 4.69) is 5.32 Å². The fourth-order valence-electron chi connectivity index (χ4n) is 1.16. The lowest BCUT2D eigenvalue weighted by molar-refractivity contribution is -0.128. The number of benzene rings is 1. The molecule has 1 rings (SSSR count). The van der Waals surface area contributed by atoms with Crippen LogP contribution in [-0.2, 0) is 4.79 Å². The molecule has 0 aromatic heterocycles. The van der Waals surface area contributed by atoms with Gasteiger partial charge in [0, 0.05) is 0 Å². The molecule has 17 heavy (non-hydrogen) atoms. The number of carbonyl (C=O) groups is 3. The van der Waals surface area contributed by atoms with E-state index in [0.29, 0.717) is 0 Å². The standard InChI is InChI=1S/C10H10N2O5/c13-8(12-17)5-11-9(14)6-3-1-2-4-7(6)10(15)16/h1-4,17H,5H2,(H,11,14)(H,12,13)(H,15,16). The van der Waals surface area contributed by atoms with Gasteiger partial charge in [-0.2, -0.15) is 0 Å². The number of carbonyl (C=O) groups excluding carboxylic acids is 2. The van der Waals surface area contributed by atoms with Crippen LogP contribution in [0.1, 0.15) is 20.7 Å². The third-order valence-corrected chi connectivity index (χ3v) is 1.94. The minimum Gasteiger partial charge on any atom is -0.478 e. The first-order valence-corrected chi connectivity index (χ1v) is 4.59. The molecule has 0 saturated heterocycles. The van der Waals surface area contributed by atoms with Gasteiger partial charge in [0.1, 0.15) is 0 Å². The lowest BCUT2D eigenvalue weighted by atomic mass is 10.1. The summed E-state index contributed by atoms with van der Waals surface area (Å²) in [4.78, 5) is 33.0. The van der Waals surface area contributed by atoms with Crippen LogP contribution in [-0.4, -0.2) is 34.6 Å². The van der Waals surface area contributed by atoms with Crippen molar-refractivity contribution in [3.8, 4) is 0 Å². The van der Waals surface area contributed by atoms with Crippen LogP contribution in [0.2, 0.25) is 0 Å². The number of amides is 2. The predicted octanol–water partition coefficient (Wildman–Crippen LogP) is -0.380.